The molecule has 3 aromatic heterocycles. The van der Waals surface area contributed by atoms with Crippen molar-refractivity contribution in [2.75, 3.05) is 0 Å². The van der Waals surface area contributed by atoms with Gasteiger partial charge in [-0.2, -0.15) is 0 Å². The number of nitrogens with zero attached hydrogens (tertiary/aromatic N) is 3. The van der Waals surface area contributed by atoms with Gasteiger partial charge >= 0.3 is 0 Å². The van der Waals surface area contributed by atoms with E-state index in [9.17, 15) is 0 Å². The molecule has 0 amide bonds. The van der Waals surface area contributed by atoms with E-state index >= 15 is 0 Å². The minimum Gasteiger partial charge on any atom is -0.309 e. The predicted octanol–water partition coefficient (Wildman–Crippen LogP) is 13.8. The van der Waals surface area contributed by atoms with Crippen LogP contribution < -0.4 is 0 Å². The Kier molecular flexibility index (Phi) is 6.34. The molecule has 3 heteroatoms. The van der Waals surface area contributed by atoms with Crippen LogP contribution in [0.15, 0.2) is 200 Å². The Morgan fingerprint density at radius 1 is 0.255 bits per heavy atom. The lowest BCUT2D eigenvalue weighted by atomic mass is 10.0. The molecule has 0 radical (unpaired) electrons. The van der Waals surface area contributed by atoms with Gasteiger partial charge in [-0.15, -0.1) is 0 Å². The summed E-state index contributed by atoms with van der Waals surface area (Å²) in [4.78, 5) is 0. The maximum atomic E-state index is 2.52. The molecule has 55 heavy (non-hydrogen) atoms. The number of aromatic nitrogens is 3. The zero-order valence-corrected chi connectivity index (χ0v) is 29.9. The van der Waals surface area contributed by atoms with Crippen molar-refractivity contribution in [1.29, 1.82) is 0 Å². The van der Waals surface area contributed by atoms with E-state index in [0.29, 0.717) is 0 Å². The Labute approximate surface area is 317 Å². The number of fused-ring (bicyclic) bond motifs is 12. The molecule has 12 rings (SSSR count). The fourth-order valence-corrected chi connectivity index (χ4v) is 9.35. The number of hydrogen-bond acceptors (Lipinski definition) is 0. The second-order valence-electron chi connectivity index (χ2n) is 14.5. The van der Waals surface area contributed by atoms with Gasteiger partial charge in [-0.1, -0.05) is 140 Å². The number of para-hydroxylation sites is 4. The molecular formula is C52H33N3. The normalized spacial score (nSPS) is 12.0. The topological polar surface area (TPSA) is 14.8 Å². The summed E-state index contributed by atoms with van der Waals surface area (Å²) in [5.41, 5.74) is 13.2. The van der Waals surface area contributed by atoms with Crippen molar-refractivity contribution >= 4 is 76.2 Å². The van der Waals surface area contributed by atoms with Gasteiger partial charge in [0, 0.05) is 54.5 Å². The largest absolute Gasteiger partial charge is 0.309 e. The highest BCUT2D eigenvalue weighted by Gasteiger charge is 2.23. The third kappa shape index (κ3) is 4.26. The Morgan fingerprint density at radius 3 is 1.44 bits per heavy atom. The maximum Gasteiger partial charge on any atom is 0.0621 e. The Bertz CT molecular complexity index is 3470. The molecule has 0 fully saturated rings. The first-order valence-corrected chi connectivity index (χ1v) is 19.0. The molecule has 0 aliphatic carbocycles. The summed E-state index contributed by atoms with van der Waals surface area (Å²) in [5, 5.41) is 10.0. The van der Waals surface area contributed by atoms with Gasteiger partial charge in [-0.05, 0) is 71.8 Å². The first-order valence-electron chi connectivity index (χ1n) is 19.0. The van der Waals surface area contributed by atoms with Gasteiger partial charge in [0.05, 0.1) is 38.8 Å². The van der Waals surface area contributed by atoms with E-state index in [1.807, 2.05) is 0 Å². The van der Waals surface area contributed by atoms with Crippen LogP contribution >= 0.6 is 0 Å². The molecule has 9 aromatic carbocycles. The van der Waals surface area contributed by atoms with Crippen molar-refractivity contribution in [3.05, 3.63) is 200 Å². The molecule has 12 aromatic rings. The standard InChI is InChI=1S/C52H33N3/c1-3-16-34(17-4-1)35-18-15-21-37(32-35)53-45-28-13-10-25-41(45)50-47(53)30-31-48-51(50)42-26-11-14-29-46(42)55(48)49-33-43-39-23-9-12-27-44(39)54(36-19-5-2-6-20-36)52(43)40-24-8-7-22-38(40)49/h1-33H. The highest BCUT2D eigenvalue weighted by molar-refractivity contribution is 6.30. The van der Waals surface area contributed by atoms with Crippen molar-refractivity contribution in [1.82, 2.24) is 13.7 Å². The molecule has 256 valence electrons. The first-order chi connectivity index (χ1) is 27.3. The molecule has 0 saturated heterocycles. The minimum atomic E-state index is 1.15. The molecule has 0 atom stereocenters. The molecule has 0 spiro atoms. The molecule has 0 saturated carbocycles. The lowest BCUT2D eigenvalue weighted by Crippen LogP contribution is -1.98. The van der Waals surface area contributed by atoms with Gasteiger partial charge in [-0.3, -0.25) is 0 Å². The first kappa shape index (κ1) is 30.1. The maximum absolute atomic E-state index is 2.52. The summed E-state index contributed by atoms with van der Waals surface area (Å²) < 4.78 is 7.40. The zero-order chi connectivity index (χ0) is 36.0. The Morgan fingerprint density at radius 2 is 0.745 bits per heavy atom. The van der Waals surface area contributed by atoms with Crippen LogP contribution in [0.25, 0.3) is 104 Å². The molecule has 0 unspecified atom stereocenters. The van der Waals surface area contributed by atoms with Crippen LogP contribution in [-0.4, -0.2) is 13.7 Å². The van der Waals surface area contributed by atoms with Gasteiger partial charge in [-0.25, -0.2) is 0 Å². The average molecular weight is 700 g/mol. The second kappa shape index (κ2) is 11.6. The summed E-state index contributed by atoms with van der Waals surface area (Å²) in [7, 11) is 0. The quantitative estimate of drug-likeness (QED) is 0.174. The van der Waals surface area contributed by atoms with E-state index in [2.05, 4.69) is 214 Å². The van der Waals surface area contributed by atoms with E-state index in [0.717, 1.165) is 11.4 Å². The highest BCUT2D eigenvalue weighted by atomic mass is 15.0. The SMILES string of the molecule is c1ccc(-c2cccc(-n3c4ccccc4c4c5c6ccccc6n(-c6cc7c8ccccc8n(-c8ccccc8)c7c7ccccc67)c5ccc43)c2)cc1. The minimum absolute atomic E-state index is 1.15. The number of benzene rings is 9. The van der Waals surface area contributed by atoms with Gasteiger partial charge < -0.3 is 13.7 Å². The fraction of sp³-hybridized carbons (Fsp3) is 0. The third-order valence-corrected chi connectivity index (χ3v) is 11.6. The monoisotopic (exact) mass is 699 g/mol. The van der Waals surface area contributed by atoms with Crippen LogP contribution in [0.3, 0.4) is 0 Å². The zero-order valence-electron chi connectivity index (χ0n) is 29.9. The summed E-state index contributed by atoms with van der Waals surface area (Å²) in [6.45, 7) is 0. The Balaban J connectivity index is 1.20. The lowest BCUT2D eigenvalue weighted by Gasteiger charge is -2.15. The summed E-state index contributed by atoms with van der Waals surface area (Å²) in [6, 6.07) is 73.1. The van der Waals surface area contributed by atoms with Gasteiger partial charge in [0.25, 0.3) is 0 Å². The second-order valence-corrected chi connectivity index (χ2v) is 14.5. The van der Waals surface area contributed by atoms with Crippen LogP contribution in [-0.2, 0) is 0 Å². The molecule has 0 bridgehead atoms. The van der Waals surface area contributed by atoms with Crippen LogP contribution in [0.4, 0.5) is 0 Å². The summed E-state index contributed by atoms with van der Waals surface area (Å²) in [5.74, 6) is 0. The predicted molar refractivity (Wildman–Crippen MR) is 232 cm³/mol. The van der Waals surface area contributed by atoms with E-state index in [1.54, 1.807) is 0 Å². The smallest absolute Gasteiger partial charge is 0.0621 e. The third-order valence-electron chi connectivity index (χ3n) is 11.6. The number of hydrogen-bond donors (Lipinski definition) is 0. The molecule has 0 aliphatic rings. The van der Waals surface area contributed by atoms with Gasteiger partial charge in [0.2, 0.25) is 0 Å². The van der Waals surface area contributed by atoms with Gasteiger partial charge in [0.1, 0.15) is 0 Å². The van der Waals surface area contributed by atoms with E-state index in [-0.39, 0.29) is 0 Å². The summed E-state index contributed by atoms with van der Waals surface area (Å²) >= 11 is 0. The average Bonchev–Trinajstić information content (AvgIpc) is 3.90. The van der Waals surface area contributed by atoms with Crippen LogP contribution in [0.5, 0.6) is 0 Å². The van der Waals surface area contributed by atoms with E-state index < -0.39 is 0 Å². The molecule has 0 aliphatic heterocycles. The molecular weight excluding hydrogens is 667 g/mol. The van der Waals surface area contributed by atoms with Crippen LogP contribution in [0, 0.1) is 0 Å². The van der Waals surface area contributed by atoms with E-state index in [1.165, 1.54) is 93.0 Å². The molecule has 0 N–H and O–H groups in total. The van der Waals surface area contributed by atoms with Gasteiger partial charge in [0.15, 0.2) is 0 Å². The highest BCUT2D eigenvalue weighted by Crippen LogP contribution is 2.45. The molecule has 3 nitrogen and oxygen atoms in total. The molecule has 3 heterocycles. The summed E-state index contributed by atoms with van der Waals surface area (Å²) in [6.07, 6.45) is 0. The Hall–Kier alpha value is -7.36. The van der Waals surface area contributed by atoms with Crippen molar-refractivity contribution in [2.45, 2.75) is 0 Å². The fourth-order valence-electron chi connectivity index (χ4n) is 9.35. The van der Waals surface area contributed by atoms with Crippen molar-refractivity contribution in [3.63, 3.8) is 0 Å². The van der Waals surface area contributed by atoms with Crippen molar-refractivity contribution in [2.24, 2.45) is 0 Å². The van der Waals surface area contributed by atoms with Crippen molar-refractivity contribution in [3.8, 4) is 28.2 Å². The van der Waals surface area contributed by atoms with Crippen LogP contribution in [0.1, 0.15) is 0 Å². The lowest BCUT2D eigenvalue weighted by molar-refractivity contribution is 1.18. The van der Waals surface area contributed by atoms with E-state index in [4.69, 9.17) is 0 Å². The van der Waals surface area contributed by atoms with Crippen molar-refractivity contribution < 1.29 is 0 Å². The van der Waals surface area contributed by atoms with Crippen LogP contribution in [0.2, 0.25) is 0 Å². The number of rotatable bonds is 4.